The number of rotatable bonds is 3. The van der Waals surface area contributed by atoms with Gasteiger partial charge in [-0.3, -0.25) is 4.98 Å². The molecule has 1 heterocycles. The Morgan fingerprint density at radius 1 is 1.53 bits per heavy atom. The average Bonchev–Trinajstić information content (AvgIpc) is 2.57. The first-order valence-electron chi connectivity index (χ1n) is 5.01. The smallest absolute Gasteiger partial charge is 0.408 e. The molecule has 0 aliphatic rings. The number of nitrogens with two attached hydrogens (primary N) is 1. The summed E-state index contributed by atoms with van der Waals surface area (Å²) in [5, 5.41) is 0. The molecule has 0 amide bonds. The van der Waals surface area contributed by atoms with E-state index in [9.17, 15) is 4.79 Å². The van der Waals surface area contributed by atoms with Gasteiger partial charge < -0.3 is 10.2 Å². The van der Waals surface area contributed by atoms with Crippen molar-refractivity contribution in [3.8, 4) is 0 Å². The summed E-state index contributed by atoms with van der Waals surface area (Å²) in [4.78, 5) is 13.5. The van der Waals surface area contributed by atoms with Gasteiger partial charge in [-0.15, -0.1) is 0 Å². The maximum Gasteiger partial charge on any atom is 0.417 e. The van der Waals surface area contributed by atoms with Crippen molar-refractivity contribution < 1.29 is 4.42 Å². The molecule has 4 nitrogen and oxygen atoms in total. The number of oxazole rings is 1. The number of benzene rings is 1. The van der Waals surface area contributed by atoms with Gasteiger partial charge in [-0.2, -0.15) is 0 Å². The van der Waals surface area contributed by atoms with Crippen LogP contribution in [-0.4, -0.2) is 11.5 Å². The first-order valence-corrected chi connectivity index (χ1v) is 5.01. The number of aromatic amines is 1. The number of hydrogen-bond acceptors (Lipinski definition) is 3. The van der Waals surface area contributed by atoms with Gasteiger partial charge in [0.25, 0.3) is 0 Å². The van der Waals surface area contributed by atoms with E-state index in [0.29, 0.717) is 18.0 Å². The van der Waals surface area contributed by atoms with Crippen molar-refractivity contribution in [3.63, 3.8) is 0 Å². The van der Waals surface area contributed by atoms with Crippen molar-refractivity contribution >= 4 is 11.1 Å². The highest BCUT2D eigenvalue weighted by molar-refractivity contribution is 5.72. The van der Waals surface area contributed by atoms with E-state index in [4.69, 9.17) is 10.2 Å². The SMILES string of the molecule is CC(CN)Cc1ccc2[nH]c(=O)oc2c1. The molecule has 1 unspecified atom stereocenters. The fraction of sp³-hybridized carbons (Fsp3) is 0.364. The molecule has 0 radical (unpaired) electrons. The summed E-state index contributed by atoms with van der Waals surface area (Å²) in [6.45, 7) is 2.76. The van der Waals surface area contributed by atoms with Crippen LogP contribution in [0, 0.1) is 5.92 Å². The Hall–Kier alpha value is -1.55. The van der Waals surface area contributed by atoms with Gasteiger partial charge in [0.15, 0.2) is 5.58 Å². The molecule has 0 aliphatic heterocycles. The first kappa shape index (κ1) is 9.98. The quantitative estimate of drug-likeness (QED) is 0.794. The second-order valence-corrected chi connectivity index (χ2v) is 3.89. The molecule has 0 aliphatic carbocycles. The van der Waals surface area contributed by atoms with Gasteiger partial charge in [0.05, 0.1) is 5.52 Å². The standard InChI is InChI=1S/C11H14N2O2/c1-7(6-12)4-8-2-3-9-10(5-8)15-11(14)13-9/h2-3,5,7H,4,6,12H2,1H3,(H,13,14). The van der Waals surface area contributed by atoms with Gasteiger partial charge in [-0.1, -0.05) is 13.0 Å². The molecule has 0 fully saturated rings. The van der Waals surface area contributed by atoms with Gasteiger partial charge in [-0.05, 0) is 36.6 Å². The molecule has 15 heavy (non-hydrogen) atoms. The van der Waals surface area contributed by atoms with Crippen LogP contribution in [0.2, 0.25) is 0 Å². The minimum absolute atomic E-state index is 0.408. The van der Waals surface area contributed by atoms with Crippen LogP contribution in [-0.2, 0) is 6.42 Å². The third-order valence-electron chi connectivity index (χ3n) is 2.47. The van der Waals surface area contributed by atoms with Crippen LogP contribution in [0.15, 0.2) is 27.4 Å². The zero-order chi connectivity index (χ0) is 10.8. The molecule has 0 bridgehead atoms. The summed E-state index contributed by atoms with van der Waals surface area (Å²) in [5.74, 6) is 0.0298. The lowest BCUT2D eigenvalue weighted by Gasteiger charge is -2.07. The number of hydrogen-bond donors (Lipinski definition) is 2. The van der Waals surface area contributed by atoms with E-state index in [2.05, 4.69) is 11.9 Å². The minimum atomic E-state index is -0.408. The van der Waals surface area contributed by atoms with Crippen LogP contribution in [0.25, 0.3) is 11.1 Å². The summed E-state index contributed by atoms with van der Waals surface area (Å²) >= 11 is 0. The van der Waals surface area contributed by atoms with Crippen LogP contribution in [0.3, 0.4) is 0 Å². The largest absolute Gasteiger partial charge is 0.417 e. The Labute approximate surface area is 87.1 Å². The molecule has 3 N–H and O–H groups in total. The average molecular weight is 206 g/mol. The van der Waals surface area contributed by atoms with Crippen LogP contribution >= 0.6 is 0 Å². The molecular formula is C11H14N2O2. The monoisotopic (exact) mass is 206 g/mol. The Morgan fingerprint density at radius 2 is 2.33 bits per heavy atom. The van der Waals surface area contributed by atoms with Crippen molar-refractivity contribution in [1.29, 1.82) is 0 Å². The second kappa shape index (κ2) is 3.90. The maximum atomic E-state index is 10.9. The van der Waals surface area contributed by atoms with Gasteiger partial charge >= 0.3 is 5.76 Å². The van der Waals surface area contributed by atoms with E-state index >= 15 is 0 Å². The summed E-state index contributed by atoms with van der Waals surface area (Å²) < 4.78 is 4.98. The lowest BCUT2D eigenvalue weighted by molar-refractivity contribution is 0.553. The summed E-state index contributed by atoms with van der Waals surface area (Å²) in [6.07, 6.45) is 0.904. The Balaban J connectivity index is 2.34. The molecule has 0 saturated carbocycles. The molecular weight excluding hydrogens is 192 g/mol. The minimum Gasteiger partial charge on any atom is -0.408 e. The predicted molar refractivity (Wildman–Crippen MR) is 58.8 cm³/mol. The van der Waals surface area contributed by atoms with Gasteiger partial charge in [-0.25, -0.2) is 4.79 Å². The molecule has 80 valence electrons. The van der Waals surface area contributed by atoms with Gasteiger partial charge in [0.2, 0.25) is 0 Å². The van der Waals surface area contributed by atoms with E-state index < -0.39 is 5.76 Å². The third kappa shape index (κ3) is 2.10. The van der Waals surface area contributed by atoms with Crippen LogP contribution in [0.5, 0.6) is 0 Å². The van der Waals surface area contributed by atoms with Crippen LogP contribution < -0.4 is 11.5 Å². The van der Waals surface area contributed by atoms with E-state index in [0.717, 1.165) is 17.5 Å². The van der Waals surface area contributed by atoms with Crippen molar-refractivity contribution in [3.05, 3.63) is 34.3 Å². The molecule has 1 aromatic heterocycles. The third-order valence-corrected chi connectivity index (χ3v) is 2.47. The highest BCUT2D eigenvalue weighted by atomic mass is 16.4. The van der Waals surface area contributed by atoms with Crippen molar-refractivity contribution in [2.24, 2.45) is 11.7 Å². The number of fused-ring (bicyclic) bond motifs is 1. The van der Waals surface area contributed by atoms with E-state index in [1.165, 1.54) is 0 Å². The van der Waals surface area contributed by atoms with E-state index in [1.54, 1.807) is 0 Å². The molecule has 0 spiro atoms. The molecule has 1 aromatic carbocycles. The fourth-order valence-electron chi connectivity index (χ4n) is 1.60. The predicted octanol–water partition coefficient (Wildman–Crippen LogP) is 1.26. The topological polar surface area (TPSA) is 72.0 Å². The first-order chi connectivity index (χ1) is 7.19. The van der Waals surface area contributed by atoms with Gasteiger partial charge in [0.1, 0.15) is 0 Å². The summed E-state index contributed by atoms with van der Waals surface area (Å²) in [7, 11) is 0. The van der Waals surface area contributed by atoms with Crippen LogP contribution in [0.4, 0.5) is 0 Å². The van der Waals surface area contributed by atoms with Crippen molar-refractivity contribution in [1.82, 2.24) is 4.98 Å². The summed E-state index contributed by atoms with van der Waals surface area (Å²) in [5.41, 5.74) is 8.05. The normalized spacial score (nSPS) is 13.2. The lowest BCUT2D eigenvalue weighted by Crippen LogP contribution is -2.12. The summed E-state index contributed by atoms with van der Waals surface area (Å²) in [6, 6.07) is 5.73. The van der Waals surface area contributed by atoms with Crippen molar-refractivity contribution in [2.45, 2.75) is 13.3 Å². The number of H-pyrrole nitrogens is 1. The Morgan fingerprint density at radius 3 is 3.07 bits per heavy atom. The zero-order valence-electron chi connectivity index (χ0n) is 8.62. The molecule has 0 saturated heterocycles. The molecule has 4 heteroatoms. The number of aromatic nitrogens is 1. The highest BCUT2D eigenvalue weighted by Gasteiger charge is 2.05. The number of nitrogens with one attached hydrogen (secondary N) is 1. The van der Waals surface area contributed by atoms with E-state index in [1.807, 2.05) is 18.2 Å². The van der Waals surface area contributed by atoms with E-state index in [-0.39, 0.29) is 0 Å². The zero-order valence-corrected chi connectivity index (χ0v) is 8.62. The Kier molecular flexibility index (Phi) is 2.60. The fourth-order valence-corrected chi connectivity index (χ4v) is 1.60. The molecule has 2 aromatic rings. The lowest BCUT2D eigenvalue weighted by atomic mass is 10.0. The highest BCUT2D eigenvalue weighted by Crippen LogP contribution is 2.15. The Bertz CT molecular complexity index is 513. The van der Waals surface area contributed by atoms with Gasteiger partial charge in [0, 0.05) is 0 Å². The van der Waals surface area contributed by atoms with Crippen molar-refractivity contribution in [2.75, 3.05) is 6.54 Å². The maximum absolute atomic E-state index is 10.9. The molecule has 2 rings (SSSR count). The second-order valence-electron chi connectivity index (χ2n) is 3.89. The molecule has 1 atom stereocenters. The van der Waals surface area contributed by atoms with Crippen LogP contribution in [0.1, 0.15) is 12.5 Å².